The van der Waals surface area contributed by atoms with E-state index >= 15 is 0 Å². The Hall–Kier alpha value is -4.10. The van der Waals surface area contributed by atoms with Crippen molar-refractivity contribution in [2.24, 2.45) is 0 Å². The zero-order valence-electron chi connectivity index (χ0n) is 20.3. The topological polar surface area (TPSA) is 116 Å². The summed E-state index contributed by atoms with van der Waals surface area (Å²) in [7, 11) is -3.62. The molecule has 1 N–H and O–H groups in total. The van der Waals surface area contributed by atoms with Crippen LogP contribution in [0.2, 0.25) is 0 Å². The van der Waals surface area contributed by atoms with Gasteiger partial charge in [-0.15, -0.1) is 21.5 Å². The summed E-state index contributed by atoms with van der Waals surface area (Å²) in [5.74, 6) is -1.35. The summed E-state index contributed by atoms with van der Waals surface area (Å²) in [6, 6.07) is 9.01. The molecule has 0 fully saturated rings. The molecule has 0 unspecified atom stereocenters. The van der Waals surface area contributed by atoms with Gasteiger partial charge in [-0.05, 0) is 50.2 Å². The predicted octanol–water partition coefficient (Wildman–Crippen LogP) is 5.55. The van der Waals surface area contributed by atoms with Crippen LogP contribution in [-0.2, 0) is 10.0 Å². The molecule has 0 atom stereocenters. The quantitative estimate of drug-likeness (QED) is 0.278. The van der Waals surface area contributed by atoms with Gasteiger partial charge in [0, 0.05) is 24.8 Å². The van der Waals surface area contributed by atoms with Crippen molar-refractivity contribution in [3.8, 4) is 28.0 Å². The summed E-state index contributed by atoms with van der Waals surface area (Å²) in [6.45, 7) is 4.78. The van der Waals surface area contributed by atoms with Crippen molar-refractivity contribution < 1.29 is 26.4 Å². The number of benzene rings is 2. The lowest BCUT2D eigenvalue weighted by Gasteiger charge is -2.17. The Bertz CT molecular complexity index is 1860. The number of pyridine rings is 1. The fourth-order valence-corrected chi connectivity index (χ4v) is 5.41. The molecule has 0 aliphatic rings. The summed E-state index contributed by atoms with van der Waals surface area (Å²) in [5, 5.41) is 7.87. The van der Waals surface area contributed by atoms with E-state index < -0.39 is 21.7 Å². The smallest absolute Gasteiger partial charge is 0.257 e. The Balaban J connectivity index is 1.74. The summed E-state index contributed by atoms with van der Waals surface area (Å²) in [4.78, 5) is 13.6. The molecule has 0 aliphatic heterocycles. The van der Waals surface area contributed by atoms with Crippen LogP contribution >= 0.6 is 11.3 Å². The number of fused-ring (bicyclic) bond motifs is 1. The van der Waals surface area contributed by atoms with Crippen molar-refractivity contribution in [3.63, 3.8) is 0 Å². The maximum atomic E-state index is 14.5. The van der Waals surface area contributed by atoms with Crippen LogP contribution in [0.1, 0.15) is 18.4 Å². The first-order valence-electron chi connectivity index (χ1n) is 11.3. The molecule has 5 rings (SSSR count). The van der Waals surface area contributed by atoms with E-state index in [-0.39, 0.29) is 34.3 Å². The second kappa shape index (κ2) is 9.65. The Labute approximate surface area is 219 Å². The number of nitrogens with one attached hydrogen (secondary N) is 1. The fraction of sp³-hybridized carbons (Fsp3) is 0.160. The van der Waals surface area contributed by atoms with Crippen LogP contribution in [0, 0.1) is 25.5 Å². The normalized spacial score (nSPS) is 11.7. The van der Waals surface area contributed by atoms with Crippen LogP contribution in [0.4, 0.5) is 14.5 Å². The molecule has 13 heteroatoms. The van der Waals surface area contributed by atoms with Gasteiger partial charge in [-0.1, -0.05) is 0 Å². The number of hydrogen-bond acceptors (Lipinski definition) is 8. The van der Waals surface area contributed by atoms with Gasteiger partial charge in [0.05, 0.1) is 32.2 Å². The third kappa shape index (κ3) is 4.89. The predicted molar refractivity (Wildman–Crippen MR) is 140 cm³/mol. The highest BCUT2D eigenvalue weighted by molar-refractivity contribution is 7.92. The van der Waals surface area contributed by atoms with Crippen LogP contribution in [0.15, 0.2) is 57.9 Å². The number of aromatic nitrogens is 3. The molecular formula is C25H20F2N4O5S2. The zero-order chi connectivity index (χ0) is 27.2. The summed E-state index contributed by atoms with van der Waals surface area (Å²) in [5.41, 5.74) is 1.16. The largest absolute Gasteiger partial charge is 0.452 e. The van der Waals surface area contributed by atoms with E-state index in [4.69, 9.17) is 9.15 Å². The molecule has 0 spiro atoms. The molecule has 38 heavy (non-hydrogen) atoms. The highest BCUT2D eigenvalue weighted by Gasteiger charge is 2.20. The average molecular weight is 559 g/mol. The first-order valence-corrected chi connectivity index (χ1v) is 13.8. The van der Waals surface area contributed by atoms with Crippen LogP contribution in [0.5, 0.6) is 11.5 Å². The molecule has 0 aliphatic carbocycles. The van der Waals surface area contributed by atoms with Gasteiger partial charge >= 0.3 is 0 Å². The minimum absolute atomic E-state index is 0.126. The lowest BCUT2D eigenvalue weighted by molar-refractivity contribution is 0.436. The molecule has 0 radical (unpaired) electrons. The number of hydrogen-bond donors (Lipinski definition) is 1. The van der Waals surface area contributed by atoms with E-state index in [1.165, 1.54) is 25.1 Å². The first kappa shape index (κ1) is 25.5. The van der Waals surface area contributed by atoms with E-state index in [0.717, 1.165) is 23.5 Å². The number of halogens is 2. The minimum Gasteiger partial charge on any atom is -0.452 e. The van der Waals surface area contributed by atoms with Crippen LogP contribution < -0.4 is 14.9 Å². The molecule has 5 aromatic rings. The maximum absolute atomic E-state index is 14.5. The Morgan fingerprint density at radius 1 is 1.08 bits per heavy atom. The Morgan fingerprint density at radius 2 is 1.84 bits per heavy atom. The number of thiophene rings is 1. The van der Waals surface area contributed by atoms with E-state index in [0.29, 0.717) is 38.3 Å². The highest BCUT2D eigenvalue weighted by Crippen LogP contribution is 2.37. The zero-order valence-corrected chi connectivity index (χ0v) is 21.9. The van der Waals surface area contributed by atoms with Crippen LogP contribution in [0.25, 0.3) is 26.7 Å². The second-order valence-electron chi connectivity index (χ2n) is 8.33. The molecule has 0 saturated heterocycles. The first-order chi connectivity index (χ1) is 18.0. The number of aryl methyl sites for hydroxylation is 2. The second-order valence-corrected chi connectivity index (χ2v) is 11.4. The van der Waals surface area contributed by atoms with Crippen molar-refractivity contribution in [1.29, 1.82) is 0 Å². The van der Waals surface area contributed by atoms with Crippen molar-refractivity contribution in [3.05, 3.63) is 82.0 Å². The van der Waals surface area contributed by atoms with Crippen molar-refractivity contribution in [2.75, 3.05) is 10.5 Å². The monoisotopic (exact) mass is 558 g/mol. The number of sulfonamides is 1. The van der Waals surface area contributed by atoms with Crippen LogP contribution in [-0.4, -0.2) is 28.9 Å². The van der Waals surface area contributed by atoms with Gasteiger partial charge in [-0.25, -0.2) is 17.2 Å². The van der Waals surface area contributed by atoms with E-state index in [2.05, 4.69) is 14.9 Å². The molecule has 3 heterocycles. The minimum atomic E-state index is -3.62. The van der Waals surface area contributed by atoms with E-state index in [1.807, 2.05) is 0 Å². The molecular weight excluding hydrogens is 538 g/mol. The van der Waals surface area contributed by atoms with Crippen LogP contribution in [0.3, 0.4) is 0 Å². The molecule has 3 aromatic heterocycles. The highest BCUT2D eigenvalue weighted by atomic mass is 32.2. The third-order valence-corrected chi connectivity index (χ3v) is 8.00. The average Bonchev–Trinajstić information content (AvgIpc) is 3.51. The molecule has 0 amide bonds. The standard InChI is InChI=1S/C25H20F2N4O5S2/c1-4-38(33,34)30-16-6-8-21(36-20-7-5-15(26)9-17(20)27)18(10-16)31-12-13(2)23(32)24-19(31)11-22(37-24)25-29-28-14(3)35-25/h5-12,30H,4H2,1-3H3. The summed E-state index contributed by atoms with van der Waals surface area (Å²) < 4.78 is 68.3. The lowest BCUT2D eigenvalue weighted by Crippen LogP contribution is -2.15. The molecule has 0 saturated carbocycles. The molecule has 0 bridgehead atoms. The van der Waals surface area contributed by atoms with Gasteiger partial charge in [-0.3, -0.25) is 9.52 Å². The van der Waals surface area contributed by atoms with E-state index in [9.17, 15) is 22.0 Å². The van der Waals surface area contributed by atoms with Gasteiger partial charge in [-0.2, -0.15) is 0 Å². The van der Waals surface area contributed by atoms with Gasteiger partial charge < -0.3 is 13.7 Å². The third-order valence-electron chi connectivity index (χ3n) is 5.58. The Morgan fingerprint density at radius 3 is 2.53 bits per heavy atom. The van der Waals surface area contributed by atoms with Crippen molar-refractivity contribution >= 4 is 37.3 Å². The number of ether oxygens (including phenoxy) is 1. The fourth-order valence-electron chi connectivity index (χ4n) is 3.71. The number of anilines is 1. The van der Waals surface area contributed by atoms with Crippen molar-refractivity contribution in [2.45, 2.75) is 20.8 Å². The van der Waals surface area contributed by atoms with Crippen molar-refractivity contribution in [1.82, 2.24) is 14.8 Å². The molecule has 9 nitrogen and oxygen atoms in total. The number of nitrogens with zero attached hydrogens (tertiary/aromatic N) is 3. The summed E-state index contributed by atoms with van der Waals surface area (Å²) in [6.07, 6.45) is 1.57. The molecule has 196 valence electrons. The maximum Gasteiger partial charge on any atom is 0.257 e. The summed E-state index contributed by atoms with van der Waals surface area (Å²) >= 11 is 1.16. The van der Waals surface area contributed by atoms with E-state index in [1.54, 1.807) is 30.7 Å². The SMILES string of the molecule is CCS(=O)(=O)Nc1ccc(Oc2ccc(F)cc2F)c(-n2cc(C)c(=O)c3sc(-c4nnc(C)o4)cc32)c1. The Kier molecular flexibility index (Phi) is 6.49. The van der Waals surface area contributed by atoms with Gasteiger partial charge in [0.15, 0.2) is 17.3 Å². The van der Waals surface area contributed by atoms with Gasteiger partial charge in [0.25, 0.3) is 5.89 Å². The number of rotatable bonds is 7. The van der Waals surface area contributed by atoms with Gasteiger partial charge in [0.2, 0.25) is 21.3 Å². The lowest BCUT2D eigenvalue weighted by atomic mass is 10.2. The molecule has 2 aromatic carbocycles. The van der Waals surface area contributed by atoms with Gasteiger partial charge in [0.1, 0.15) is 5.82 Å².